The first-order valence-electron chi connectivity index (χ1n) is 5.59. The van der Waals surface area contributed by atoms with Gasteiger partial charge in [-0.1, -0.05) is 23.8 Å². The number of halogens is 1. The van der Waals surface area contributed by atoms with Crippen molar-refractivity contribution in [2.45, 2.75) is 44.7 Å². The monoisotopic (exact) mass is 223 g/mol. The smallest absolute Gasteiger partial charge is 0.0365 e. The zero-order valence-corrected chi connectivity index (χ0v) is 10.1. The van der Waals surface area contributed by atoms with Crippen molar-refractivity contribution < 1.29 is 0 Å². The topological polar surface area (TPSA) is 12.0 Å². The lowest BCUT2D eigenvalue weighted by Crippen LogP contribution is -2.41. The van der Waals surface area contributed by atoms with Crippen LogP contribution in [0.5, 0.6) is 0 Å². The minimum absolute atomic E-state index is 0.404. The van der Waals surface area contributed by atoms with E-state index in [1.54, 1.807) is 0 Å². The molecule has 2 rings (SSSR count). The van der Waals surface area contributed by atoms with Crippen LogP contribution in [0.4, 0.5) is 0 Å². The van der Waals surface area contributed by atoms with E-state index in [1.165, 1.54) is 16.7 Å². The van der Waals surface area contributed by atoms with Crippen molar-refractivity contribution in [3.63, 3.8) is 0 Å². The zero-order chi connectivity index (χ0) is 10.8. The third kappa shape index (κ3) is 2.73. The molecule has 0 heterocycles. The maximum Gasteiger partial charge on any atom is 0.0365 e. The summed E-state index contributed by atoms with van der Waals surface area (Å²) in [5.74, 6) is 0. The van der Waals surface area contributed by atoms with Gasteiger partial charge in [0, 0.05) is 18.0 Å². The summed E-state index contributed by atoms with van der Waals surface area (Å²) in [5.41, 5.74) is 4.11. The van der Waals surface area contributed by atoms with Gasteiger partial charge in [-0.2, -0.15) is 0 Å². The Balaban J connectivity index is 1.90. The predicted octanol–water partition coefficient (Wildman–Crippen LogP) is 3.16. The number of aryl methyl sites for hydroxylation is 2. The molecule has 0 radical (unpaired) electrons. The Kier molecular flexibility index (Phi) is 3.32. The Hall–Kier alpha value is -0.530. The summed E-state index contributed by atoms with van der Waals surface area (Å²) >= 11 is 5.94. The van der Waals surface area contributed by atoms with Gasteiger partial charge in [0.25, 0.3) is 0 Å². The number of hydrogen-bond acceptors (Lipinski definition) is 1. The highest BCUT2D eigenvalue weighted by Gasteiger charge is 2.26. The van der Waals surface area contributed by atoms with E-state index < -0.39 is 0 Å². The SMILES string of the molecule is Cc1ccc(C)c(CNC2CC(Cl)C2)c1. The molecule has 1 saturated carbocycles. The fourth-order valence-electron chi connectivity index (χ4n) is 1.96. The first kappa shape index (κ1) is 11.0. The van der Waals surface area contributed by atoms with Gasteiger partial charge in [0.05, 0.1) is 0 Å². The van der Waals surface area contributed by atoms with Crippen LogP contribution in [0.3, 0.4) is 0 Å². The van der Waals surface area contributed by atoms with E-state index in [0.717, 1.165) is 19.4 Å². The van der Waals surface area contributed by atoms with Gasteiger partial charge in [-0.3, -0.25) is 0 Å². The van der Waals surface area contributed by atoms with Crippen molar-refractivity contribution in [2.75, 3.05) is 0 Å². The number of hydrogen-bond donors (Lipinski definition) is 1. The van der Waals surface area contributed by atoms with Gasteiger partial charge in [-0.25, -0.2) is 0 Å². The van der Waals surface area contributed by atoms with Crippen LogP contribution in [-0.2, 0) is 6.54 Å². The molecule has 1 aliphatic carbocycles. The van der Waals surface area contributed by atoms with E-state index in [2.05, 4.69) is 37.4 Å². The summed E-state index contributed by atoms with van der Waals surface area (Å²) in [6, 6.07) is 7.25. The van der Waals surface area contributed by atoms with E-state index in [4.69, 9.17) is 11.6 Å². The minimum atomic E-state index is 0.404. The van der Waals surface area contributed by atoms with Crippen LogP contribution < -0.4 is 5.32 Å². The summed E-state index contributed by atoms with van der Waals surface area (Å²) < 4.78 is 0. The molecule has 0 saturated heterocycles. The maximum atomic E-state index is 5.94. The zero-order valence-electron chi connectivity index (χ0n) is 9.39. The predicted molar refractivity (Wildman–Crippen MR) is 65.4 cm³/mol. The van der Waals surface area contributed by atoms with Gasteiger partial charge in [0.1, 0.15) is 0 Å². The fourth-order valence-corrected chi connectivity index (χ4v) is 2.39. The first-order valence-corrected chi connectivity index (χ1v) is 6.02. The van der Waals surface area contributed by atoms with Crippen LogP contribution in [0.1, 0.15) is 29.5 Å². The molecule has 0 spiro atoms. The first-order chi connectivity index (χ1) is 7.15. The summed E-state index contributed by atoms with van der Waals surface area (Å²) in [6.45, 7) is 5.28. The summed E-state index contributed by atoms with van der Waals surface area (Å²) in [4.78, 5) is 0. The lowest BCUT2D eigenvalue weighted by molar-refractivity contribution is 0.345. The standard InChI is InChI=1S/C13H18ClN/c1-9-3-4-10(2)11(5-9)8-15-13-6-12(14)7-13/h3-5,12-13,15H,6-8H2,1-2H3. The van der Waals surface area contributed by atoms with E-state index in [1.807, 2.05) is 0 Å². The molecule has 0 aliphatic heterocycles. The molecule has 82 valence electrons. The molecule has 1 fully saturated rings. The highest BCUT2D eigenvalue weighted by Crippen LogP contribution is 2.25. The van der Waals surface area contributed by atoms with E-state index in [0.29, 0.717) is 11.4 Å². The second-order valence-electron chi connectivity index (χ2n) is 4.58. The van der Waals surface area contributed by atoms with Crippen LogP contribution in [-0.4, -0.2) is 11.4 Å². The van der Waals surface area contributed by atoms with Crippen molar-refractivity contribution in [2.24, 2.45) is 0 Å². The van der Waals surface area contributed by atoms with Crippen LogP contribution in [0.15, 0.2) is 18.2 Å². The minimum Gasteiger partial charge on any atom is -0.310 e. The molecular weight excluding hydrogens is 206 g/mol. The number of alkyl halides is 1. The van der Waals surface area contributed by atoms with Gasteiger partial charge >= 0.3 is 0 Å². The van der Waals surface area contributed by atoms with Gasteiger partial charge in [0.15, 0.2) is 0 Å². The van der Waals surface area contributed by atoms with Crippen LogP contribution in [0.2, 0.25) is 0 Å². The van der Waals surface area contributed by atoms with Crippen molar-refractivity contribution in [3.8, 4) is 0 Å². The van der Waals surface area contributed by atoms with Gasteiger partial charge in [-0.05, 0) is 37.8 Å². The second kappa shape index (κ2) is 4.54. The van der Waals surface area contributed by atoms with Crippen LogP contribution in [0, 0.1) is 13.8 Å². The number of nitrogens with one attached hydrogen (secondary N) is 1. The van der Waals surface area contributed by atoms with Crippen LogP contribution in [0.25, 0.3) is 0 Å². The highest BCUT2D eigenvalue weighted by atomic mass is 35.5. The molecule has 15 heavy (non-hydrogen) atoms. The summed E-state index contributed by atoms with van der Waals surface area (Å²) in [6.07, 6.45) is 2.23. The van der Waals surface area contributed by atoms with Gasteiger partial charge in [-0.15, -0.1) is 11.6 Å². The largest absolute Gasteiger partial charge is 0.310 e. The lowest BCUT2D eigenvalue weighted by atomic mass is 9.92. The Bertz CT molecular complexity index is 342. The van der Waals surface area contributed by atoms with Crippen molar-refractivity contribution in [1.82, 2.24) is 5.32 Å². The lowest BCUT2D eigenvalue weighted by Gasteiger charge is -2.32. The molecule has 2 heteroatoms. The van der Waals surface area contributed by atoms with Gasteiger partial charge < -0.3 is 5.32 Å². The van der Waals surface area contributed by atoms with E-state index in [-0.39, 0.29) is 0 Å². The van der Waals surface area contributed by atoms with E-state index >= 15 is 0 Å². The Morgan fingerprint density at radius 3 is 2.73 bits per heavy atom. The Morgan fingerprint density at radius 2 is 2.07 bits per heavy atom. The highest BCUT2D eigenvalue weighted by molar-refractivity contribution is 6.21. The molecule has 1 aromatic carbocycles. The number of rotatable bonds is 3. The Labute approximate surface area is 96.8 Å². The van der Waals surface area contributed by atoms with Crippen LogP contribution >= 0.6 is 11.6 Å². The third-order valence-corrected chi connectivity index (χ3v) is 3.52. The second-order valence-corrected chi connectivity index (χ2v) is 5.19. The molecular formula is C13H18ClN. The quantitative estimate of drug-likeness (QED) is 0.777. The molecule has 1 aliphatic rings. The molecule has 1 N–H and O–H groups in total. The van der Waals surface area contributed by atoms with Crippen molar-refractivity contribution in [3.05, 3.63) is 34.9 Å². The summed E-state index contributed by atoms with van der Waals surface area (Å²) in [7, 11) is 0. The van der Waals surface area contributed by atoms with Gasteiger partial charge in [0.2, 0.25) is 0 Å². The molecule has 0 amide bonds. The molecule has 1 nitrogen and oxygen atoms in total. The normalized spacial score (nSPS) is 25.0. The number of benzene rings is 1. The molecule has 0 bridgehead atoms. The van der Waals surface area contributed by atoms with Crippen molar-refractivity contribution >= 4 is 11.6 Å². The van der Waals surface area contributed by atoms with Crippen molar-refractivity contribution in [1.29, 1.82) is 0 Å². The molecule has 0 aromatic heterocycles. The maximum absolute atomic E-state index is 5.94. The Morgan fingerprint density at radius 1 is 1.33 bits per heavy atom. The molecule has 1 aromatic rings. The fraction of sp³-hybridized carbons (Fsp3) is 0.538. The summed E-state index contributed by atoms with van der Waals surface area (Å²) in [5, 5.41) is 3.95. The van der Waals surface area contributed by atoms with E-state index in [9.17, 15) is 0 Å². The average molecular weight is 224 g/mol. The third-order valence-electron chi connectivity index (χ3n) is 3.17. The average Bonchev–Trinajstić information content (AvgIpc) is 2.16. The molecule has 0 atom stereocenters. The molecule has 0 unspecified atom stereocenters.